The maximum absolute atomic E-state index is 13.1. The van der Waals surface area contributed by atoms with Crippen LogP contribution in [0, 0.1) is 5.92 Å². The van der Waals surface area contributed by atoms with E-state index < -0.39 is 18.5 Å². The number of carbonyl (C=O) groups excluding carboxylic acids is 2. The summed E-state index contributed by atoms with van der Waals surface area (Å²) in [5.41, 5.74) is 3.39. The van der Waals surface area contributed by atoms with Gasteiger partial charge in [-0.1, -0.05) is 43.3 Å². The van der Waals surface area contributed by atoms with Gasteiger partial charge in [-0.05, 0) is 48.9 Å². The van der Waals surface area contributed by atoms with Gasteiger partial charge in [-0.3, -0.25) is 19.7 Å². The van der Waals surface area contributed by atoms with Crippen LogP contribution in [0.4, 0.5) is 5.82 Å². The molecule has 2 N–H and O–H groups in total. The number of aryl methyl sites for hydroxylation is 1. The summed E-state index contributed by atoms with van der Waals surface area (Å²) in [7, 11) is 0. The number of esters is 1. The van der Waals surface area contributed by atoms with Crippen molar-refractivity contribution in [2.24, 2.45) is 5.92 Å². The first kappa shape index (κ1) is 21.6. The average molecular weight is 457 g/mol. The van der Waals surface area contributed by atoms with E-state index in [9.17, 15) is 14.4 Å². The Morgan fingerprint density at radius 2 is 1.91 bits per heavy atom. The lowest BCUT2D eigenvalue weighted by Gasteiger charge is -2.24. The molecule has 1 aliphatic rings. The number of pyridine rings is 1. The van der Waals surface area contributed by atoms with E-state index in [0.717, 1.165) is 41.4 Å². The third-order valence-electron chi connectivity index (χ3n) is 6.05. The normalized spacial score (nSPS) is 15.0. The molecule has 172 valence electrons. The Hall–Kier alpha value is -4.20. The van der Waals surface area contributed by atoms with Crippen LogP contribution in [-0.4, -0.2) is 33.2 Å². The van der Waals surface area contributed by atoms with Gasteiger partial charge in [-0.15, -0.1) is 0 Å². The highest BCUT2D eigenvalue weighted by molar-refractivity contribution is 6.06. The number of amides is 1. The Balaban J connectivity index is 1.33. The Morgan fingerprint density at radius 3 is 2.74 bits per heavy atom. The van der Waals surface area contributed by atoms with Gasteiger partial charge in [0, 0.05) is 17.1 Å². The molecule has 0 bridgehead atoms. The van der Waals surface area contributed by atoms with Gasteiger partial charge in [-0.2, -0.15) is 0 Å². The van der Waals surface area contributed by atoms with Crippen LogP contribution in [0.2, 0.25) is 0 Å². The highest BCUT2D eigenvalue weighted by Crippen LogP contribution is 2.32. The number of anilines is 1. The summed E-state index contributed by atoms with van der Waals surface area (Å²) in [5.74, 6) is -0.434. The van der Waals surface area contributed by atoms with Gasteiger partial charge in [-0.25, -0.2) is 9.48 Å². The second-order valence-electron chi connectivity index (χ2n) is 8.58. The van der Waals surface area contributed by atoms with Crippen LogP contribution >= 0.6 is 0 Å². The number of nitrogens with one attached hydrogen (secondary N) is 2. The van der Waals surface area contributed by atoms with Crippen molar-refractivity contribution in [2.45, 2.75) is 26.2 Å². The van der Waals surface area contributed by atoms with Crippen LogP contribution in [0.15, 0.2) is 65.5 Å². The lowest BCUT2D eigenvalue weighted by Crippen LogP contribution is -2.23. The molecule has 0 spiro atoms. The number of benzene rings is 2. The van der Waals surface area contributed by atoms with E-state index in [1.807, 2.05) is 42.5 Å². The molecule has 1 amide bonds. The molecule has 2 heterocycles. The van der Waals surface area contributed by atoms with Gasteiger partial charge in [0.25, 0.3) is 11.5 Å². The third-order valence-corrected chi connectivity index (χ3v) is 6.05. The number of rotatable bonds is 5. The molecule has 1 unspecified atom stereocenters. The molecule has 0 fully saturated rings. The fourth-order valence-electron chi connectivity index (χ4n) is 4.41. The first-order valence-corrected chi connectivity index (χ1v) is 11.2. The molecule has 0 aliphatic heterocycles. The van der Waals surface area contributed by atoms with Crippen molar-refractivity contribution < 1.29 is 14.3 Å². The number of fused-ring (bicyclic) bond motifs is 2. The number of hydrogen-bond acceptors (Lipinski definition) is 5. The quantitative estimate of drug-likeness (QED) is 0.446. The summed E-state index contributed by atoms with van der Waals surface area (Å²) in [6.07, 6.45) is 2.59. The van der Waals surface area contributed by atoms with Crippen LogP contribution in [0.1, 0.15) is 35.0 Å². The number of aromatic amines is 1. The second kappa shape index (κ2) is 8.97. The van der Waals surface area contributed by atoms with Gasteiger partial charge in [0.15, 0.2) is 6.61 Å². The van der Waals surface area contributed by atoms with Gasteiger partial charge >= 0.3 is 5.97 Å². The summed E-state index contributed by atoms with van der Waals surface area (Å²) in [6, 6.07) is 17.8. The molecule has 5 rings (SSSR count). The highest BCUT2D eigenvalue weighted by Gasteiger charge is 2.26. The fraction of sp³-hybridized carbons (Fsp3) is 0.231. The van der Waals surface area contributed by atoms with Crippen LogP contribution in [0.25, 0.3) is 16.6 Å². The van der Waals surface area contributed by atoms with Gasteiger partial charge in [0.1, 0.15) is 5.82 Å². The zero-order valence-electron chi connectivity index (χ0n) is 18.7. The first-order chi connectivity index (χ1) is 16.5. The van der Waals surface area contributed by atoms with Gasteiger partial charge in [0.05, 0.1) is 16.8 Å². The van der Waals surface area contributed by atoms with E-state index >= 15 is 0 Å². The molecular formula is C26H24N4O4. The lowest BCUT2D eigenvalue weighted by molar-refractivity contribution is -0.119. The smallest absolute Gasteiger partial charge is 0.339 e. The Labute approximate surface area is 195 Å². The van der Waals surface area contributed by atoms with E-state index in [1.165, 1.54) is 10.7 Å². The summed E-state index contributed by atoms with van der Waals surface area (Å²) < 4.78 is 6.73. The van der Waals surface area contributed by atoms with Crippen molar-refractivity contribution in [1.82, 2.24) is 14.8 Å². The number of carbonyl (C=O) groups is 2. The monoisotopic (exact) mass is 456 g/mol. The number of nitrogens with zero attached hydrogens (tertiary/aromatic N) is 2. The SMILES string of the molecule is CC1CCc2nc3ccccc3c(C(=O)OCC(=O)Nc3cc(=O)n(-c4ccccc4)[nH]3)c2C1. The number of H-pyrrole nitrogens is 1. The molecule has 34 heavy (non-hydrogen) atoms. The predicted octanol–water partition coefficient (Wildman–Crippen LogP) is 3.63. The van der Waals surface area contributed by atoms with E-state index in [4.69, 9.17) is 9.72 Å². The van der Waals surface area contributed by atoms with Crippen LogP contribution < -0.4 is 10.9 Å². The molecule has 8 heteroatoms. The van der Waals surface area contributed by atoms with E-state index in [-0.39, 0.29) is 11.4 Å². The molecule has 0 radical (unpaired) electrons. The van der Waals surface area contributed by atoms with Crippen molar-refractivity contribution >= 4 is 28.6 Å². The van der Waals surface area contributed by atoms with E-state index in [2.05, 4.69) is 17.3 Å². The first-order valence-electron chi connectivity index (χ1n) is 11.2. The minimum Gasteiger partial charge on any atom is -0.452 e. The lowest BCUT2D eigenvalue weighted by atomic mass is 9.84. The number of hydrogen-bond donors (Lipinski definition) is 2. The molecule has 4 aromatic rings. The van der Waals surface area contributed by atoms with E-state index in [1.54, 1.807) is 12.1 Å². The Morgan fingerprint density at radius 1 is 1.15 bits per heavy atom. The summed E-state index contributed by atoms with van der Waals surface area (Å²) >= 11 is 0. The van der Waals surface area contributed by atoms with Crippen molar-refractivity contribution in [2.75, 3.05) is 11.9 Å². The molecule has 1 atom stereocenters. The fourth-order valence-corrected chi connectivity index (χ4v) is 4.41. The molecule has 2 aromatic heterocycles. The number of para-hydroxylation sites is 2. The maximum Gasteiger partial charge on any atom is 0.339 e. The van der Waals surface area contributed by atoms with Gasteiger partial charge < -0.3 is 10.1 Å². The predicted molar refractivity (Wildman–Crippen MR) is 128 cm³/mol. The van der Waals surface area contributed by atoms with Crippen molar-refractivity contribution in [3.8, 4) is 5.69 Å². The van der Waals surface area contributed by atoms with Gasteiger partial charge in [0.2, 0.25) is 0 Å². The number of aromatic nitrogens is 3. The molecule has 2 aromatic carbocycles. The van der Waals surface area contributed by atoms with Crippen LogP contribution in [0.3, 0.4) is 0 Å². The summed E-state index contributed by atoms with van der Waals surface area (Å²) in [6.45, 7) is 1.68. The number of ether oxygens (including phenoxy) is 1. The van der Waals surface area contributed by atoms with Crippen LogP contribution in [0.5, 0.6) is 0 Å². The van der Waals surface area contributed by atoms with Crippen molar-refractivity contribution in [3.63, 3.8) is 0 Å². The molecule has 0 saturated heterocycles. The zero-order chi connectivity index (χ0) is 23.7. The topological polar surface area (TPSA) is 106 Å². The molecular weight excluding hydrogens is 432 g/mol. The average Bonchev–Trinajstić information content (AvgIpc) is 3.21. The third kappa shape index (κ3) is 4.22. The second-order valence-corrected chi connectivity index (χ2v) is 8.58. The van der Waals surface area contributed by atoms with Crippen LogP contribution in [-0.2, 0) is 22.4 Å². The Bertz CT molecular complexity index is 1440. The summed E-state index contributed by atoms with van der Waals surface area (Å²) in [4.78, 5) is 42.6. The molecule has 1 aliphatic carbocycles. The summed E-state index contributed by atoms with van der Waals surface area (Å²) in [5, 5.41) is 6.15. The highest BCUT2D eigenvalue weighted by atomic mass is 16.5. The maximum atomic E-state index is 13.1. The largest absolute Gasteiger partial charge is 0.452 e. The Kier molecular flexibility index (Phi) is 5.71. The van der Waals surface area contributed by atoms with E-state index in [0.29, 0.717) is 17.2 Å². The molecule has 8 nitrogen and oxygen atoms in total. The minimum absolute atomic E-state index is 0.218. The van der Waals surface area contributed by atoms with Crippen molar-refractivity contribution in [1.29, 1.82) is 0 Å². The standard InChI is InChI=1S/C26H24N4O4/c1-16-11-12-21-19(13-16)25(18-9-5-6-10-20(18)27-21)26(33)34-15-23(31)28-22-14-24(32)30(29-22)17-7-3-2-4-8-17/h2-10,14,16,29H,11-13,15H2,1H3,(H,28,31). The zero-order valence-corrected chi connectivity index (χ0v) is 18.7. The minimum atomic E-state index is -0.547. The molecule has 0 saturated carbocycles. The van der Waals surface area contributed by atoms with Crippen molar-refractivity contribution in [3.05, 3.63) is 87.8 Å².